The number of carbonyl (C=O) groups is 1. The fourth-order valence-corrected chi connectivity index (χ4v) is 1.85. The first-order chi connectivity index (χ1) is 10.2. The van der Waals surface area contributed by atoms with E-state index in [0.29, 0.717) is 22.6 Å². The van der Waals surface area contributed by atoms with Gasteiger partial charge in [0.05, 0.1) is 6.21 Å². The van der Waals surface area contributed by atoms with E-state index in [1.54, 1.807) is 30.3 Å². The van der Waals surface area contributed by atoms with Crippen LogP contribution in [0.25, 0.3) is 0 Å². The van der Waals surface area contributed by atoms with Crippen molar-refractivity contribution in [2.24, 2.45) is 5.10 Å². The number of carbonyl (C=O) groups excluding carboxylic acids is 1. The first-order valence-corrected chi connectivity index (χ1v) is 6.21. The van der Waals surface area contributed by atoms with E-state index in [4.69, 9.17) is 9.47 Å². The molecule has 6 heteroatoms. The number of ether oxygens (including phenoxy) is 2. The number of hydrogen-bond acceptors (Lipinski definition) is 4. The fraction of sp³-hybridized carbons (Fsp3) is 0.0667. The Morgan fingerprint density at radius 3 is 2.90 bits per heavy atom. The molecule has 1 N–H and O–H groups in total. The lowest BCUT2D eigenvalue weighted by Gasteiger charge is -2.01. The molecule has 3 rings (SSSR count). The summed E-state index contributed by atoms with van der Waals surface area (Å²) in [5.41, 5.74) is 3.32. The van der Waals surface area contributed by atoms with E-state index in [9.17, 15) is 9.18 Å². The first kappa shape index (κ1) is 13.1. The molecule has 21 heavy (non-hydrogen) atoms. The second-order valence-electron chi connectivity index (χ2n) is 4.32. The Labute approximate surface area is 120 Å². The first-order valence-electron chi connectivity index (χ1n) is 6.21. The van der Waals surface area contributed by atoms with Crippen molar-refractivity contribution < 1.29 is 18.7 Å². The molecule has 0 radical (unpaired) electrons. The van der Waals surface area contributed by atoms with Crippen LogP contribution in [0.2, 0.25) is 0 Å². The summed E-state index contributed by atoms with van der Waals surface area (Å²) in [6, 6.07) is 10.7. The second kappa shape index (κ2) is 5.62. The smallest absolute Gasteiger partial charge is 0.271 e. The van der Waals surface area contributed by atoms with Gasteiger partial charge in [0, 0.05) is 5.56 Å². The van der Waals surface area contributed by atoms with Crippen molar-refractivity contribution in [3.05, 3.63) is 59.4 Å². The molecule has 1 aliphatic heterocycles. The molecular weight excluding hydrogens is 275 g/mol. The third kappa shape index (κ3) is 3.00. The summed E-state index contributed by atoms with van der Waals surface area (Å²) < 4.78 is 23.3. The van der Waals surface area contributed by atoms with Crippen molar-refractivity contribution in [2.75, 3.05) is 6.79 Å². The summed E-state index contributed by atoms with van der Waals surface area (Å²) in [6.07, 6.45) is 1.37. The second-order valence-corrected chi connectivity index (χ2v) is 4.32. The quantitative estimate of drug-likeness (QED) is 0.696. The molecule has 0 spiro atoms. The zero-order valence-electron chi connectivity index (χ0n) is 10.9. The van der Waals surface area contributed by atoms with E-state index in [-0.39, 0.29) is 18.5 Å². The molecule has 2 aromatic carbocycles. The Balaban J connectivity index is 1.66. The average molecular weight is 286 g/mol. The maximum absolute atomic E-state index is 13.0. The van der Waals surface area contributed by atoms with Crippen molar-refractivity contribution in [2.45, 2.75) is 0 Å². The van der Waals surface area contributed by atoms with Gasteiger partial charge in [-0.25, -0.2) is 9.82 Å². The molecule has 0 unspecified atom stereocenters. The summed E-state index contributed by atoms with van der Waals surface area (Å²) in [4.78, 5) is 11.9. The highest BCUT2D eigenvalue weighted by atomic mass is 19.1. The third-order valence-corrected chi connectivity index (χ3v) is 2.86. The third-order valence-electron chi connectivity index (χ3n) is 2.86. The predicted molar refractivity (Wildman–Crippen MR) is 74.0 cm³/mol. The van der Waals surface area contributed by atoms with Crippen molar-refractivity contribution in [3.63, 3.8) is 0 Å². The zero-order chi connectivity index (χ0) is 14.7. The van der Waals surface area contributed by atoms with Gasteiger partial charge in [0.2, 0.25) is 6.79 Å². The number of amides is 1. The monoisotopic (exact) mass is 286 g/mol. The van der Waals surface area contributed by atoms with E-state index >= 15 is 0 Å². The van der Waals surface area contributed by atoms with E-state index in [1.807, 2.05) is 0 Å². The molecule has 0 saturated heterocycles. The Morgan fingerprint density at radius 2 is 2.05 bits per heavy atom. The number of hydrogen-bond donors (Lipinski definition) is 1. The molecule has 0 fully saturated rings. The number of nitrogens with one attached hydrogen (secondary N) is 1. The Morgan fingerprint density at radius 1 is 1.19 bits per heavy atom. The van der Waals surface area contributed by atoms with Crippen molar-refractivity contribution in [1.29, 1.82) is 0 Å². The SMILES string of the molecule is O=C(N/N=C\c1cccc(F)c1)c1ccc2c(c1)OCO2. The highest BCUT2D eigenvalue weighted by Gasteiger charge is 2.15. The molecule has 2 aromatic rings. The van der Waals surface area contributed by atoms with Gasteiger partial charge in [-0.1, -0.05) is 12.1 Å². The van der Waals surface area contributed by atoms with Gasteiger partial charge in [0.15, 0.2) is 11.5 Å². The average Bonchev–Trinajstić information content (AvgIpc) is 2.94. The zero-order valence-corrected chi connectivity index (χ0v) is 10.9. The lowest BCUT2D eigenvalue weighted by atomic mass is 10.2. The topological polar surface area (TPSA) is 59.9 Å². The van der Waals surface area contributed by atoms with Crippen LogP contribution in [-0.4, -0.2) is 18.9 Å². The van der Waals surface area contributed by atoms with Crippen molar-refractivity contribution in [3.8, 4) is 11.5 Å². The predicted octanol–water partition coefficient (Wildman–Crippen LogP) is 2.32. The highest BCUT2D eigenvalue weighted by molar-refractivity contribution is 5.95. The standard InChI is InChI=1S/C15H11FN2O3/c16-12-3-1-2-10(6-12)8-17-18-15(19)11-4-5-13-14(7-11)21-9-20-13/h1-8H,9H2,(H,18,19)/b17-8-. The summed E-state index contributed by atoms with van der Waals surface area (Å²) >= 11 is 0. The number of nitrogens with zero attached hydrogens (tertiary/aromatic N) is 1. The fourth-order valence-electron chi connectivity index (χ4n) is 1.85. The lowest BCUT2D eigenvalue weighted by molar-refractivity contribution is 0.0954. The number of hydrazone groups is 1. The maximum Gasteiger partial charge on any atom is 0.271 e. The van der Waals surface area contributed by atoms with E-state index in [0.717, 1.165) is 0 Å². The van der Waals surface area contributed by atoms with E-state index in [2.05, 4.69) is 10.5 Å². The molecule has 1 aliphatic rings. The van der Waals surface area contributed by atoms with Gasteiger partial charge in [-0.05, 0) is 35.9 Å². The van der Waals surface area contributed by atoms with E-state index in [1.165, 1.54) is 18.3 Å². The Kier molecular flexibility index (Phi) is 3.51. The molecule has 1 heterocycles. The van der Waals surface area contributed by atoms with Gasteiger partial charge in [-0.3, -0.25) is 4.79 Å². The maximum atomic E-state index is 13.0. The van der Waals surface area contributed by atoms with E-state index < -0.39 is 0 Å². The van der Waals surface area contributed by atoms with Gasteiger partial charge in [-0.2, -0.15) is 5.10 Å². The Bertz CT molecular complexity index is 716. The largest absolute Gasteiger partial charge is 0.454 e. The molecule has 106 valence electrons. The molecule has 0 aliphatic carbocycles. The normalized spacial score (nSPS) is 12.6. The van der Waals surface area contributed by atoms with Crippen LogP contribution in [0, 0.1) is 5.82 Å². The van der Waals surface area contributed by atoms with Gasteiger partial charge >= 0.3 is 0 Å². The van der Waals surface area contributed by atoms with Crippen LogP contribution < -0.4 is 14.9 Å². The van der Waals surface area contributed by atoms with Crippen LogP contribution in [0.4, 0.5) is 4.39 Å². The van der Waals surface area contributed by atoms with Gasteiger partial charge in [0.1, 0.15) is 5.82 Å². The van der Waals surface area contributed by atoms with Gasteiger partial charge in [0.25, 0.3) is 5.91 Å². The van der Waals surface area contributed by atoms with Crippen LogP contribution in [-0.2, 0) is 0 Å². The molecule has 5 nitrogen and oxygen atoms in total. The molecular formula is C15H11FN2O3. The van der Waals surface area contributed by atoms with Crippen molar-refractivity contribution in [1.82, 2.24) is 5.43 Å². The summed E-state index contributed by atoms with van der Waals surface area (Å²) in [7, 11) is 0. The molecule has 0 saturated carbocycles. The molecule has 1 amide bonds. The molecule has 0 bridgehead atoms. The van der Waals surface area contributed by atoms with Crippen LogP contribution in [0.15, 0.2) is 47.6 Å². The number of rotatable bonds is 3. The van der Waals surface area contributed by atoms with Gasteiger partial charge in [-0.15, -0.1) is 0 Å². The van der Waals surface area contributed by atoms with Crippen LogP contribution >= 0.6 is 0 Å². The lowest BCUT2D eigenvalue weighted by Crippen LogP contribution is -2.17. The highest BCUT2D eigenvalue weighted by Crippen LogP contribution is 2.32. The number of benzene rings is 2. The minimum atomic E-state index is -0.388. The molecule has 0 atom stereocenters. The van der Waals surface area contributed by atoms with Crippen LogP contribution in [0.1, 0.15) is 15.9 Å². The molecule has 0 aromatic heterocycles. The number of fused-ring (bicyclic) bond motifs is 1. The number of halogens is 1. The minimum absolute atomic E-state index is 0.151. The Hall–Kier alpha value is -2.89. The minimum Gasteiger partial charge on any atom is -0.454 e. The van der Waals surface area contributed by atoms with Gasteiger partial charge < -0.3 is 9.47 Å². The van der Waals surface area contributed by atoms with Crippen LogP contribution in [0.5, 0.6) is 11.5 Å². The summed E-state index contributed by atoms with van der Waals surface area (Å²) in [5.74, 6) is 0.383. The summed E-state index contributed by atoms with van der Waals surface area (Å²) in [5, 5.41) is 3.79. The van der Waals surface area contributed by atoms with Crippen molar-refractivity contribution >= 4 is 12.1 Å². The van der Waals surface area contributed by atoms with Crippen LogP contribution in [0.3, 0.4) is 0 Å². The summed E-state index contributed by atoms with van der Waals surface area (Å²) in [6.45, 7) is 0.151.